The lowest BCUT2D eigenvalue weighted by molar-refractivity contribution is -0.115. The van der Waals surface area contributed by atoms with Crippen LogP contribution in [-0.4, -0.2) is 27.7 Å². The zero-order valence-electron chi connectivity index (χ0n) is 15.5. The minimum atomic E-state index is -0.320. The zero-order chi connectivity index (χ0) is 19.5. The van der Waals surface area contributed by atoms with Crippen LogP contribution in [0, 0.1) is 0 Å². The number of hydrogen-bond acceptors (Lipinski definition) is 7. The Kier molecular flexibility index (Phi) is 5.50. The molecule has 144 valence electrons. The molecule has 0 fully saturated rings. The molecule has 4 aromatic rings. The number of aromatic nitrogens is 2. The molecule has 0 aliphatic carbocycles. The second-order valence-electron chi connectivity index (χ2n) is 6.03. The molecule has 8 heteroatoms. The van der Waals surface area contributed by atoms with Crippen molar-refractivity contribution >= 4 is 55.5 Å². The first kappa shape index (κ1) is 18.8. The summed E-state index contributed by atoms with van der Waals surface area (Å²) in [5.41, 5.74) is 2.34. The molecule has 2 heterocycles. The van der Waals surface area contributed by atoms with Crippen LogP contribution in [0.15, 0.2) is 52.1 Å². The number of benzene rings is 2. The average Bonchev–Trinajstić information content (AvgIpc) is 3.28. The Morgan fingerprint density at radius 2 is 2.07 bits per heavy atom. The molecule has 1 amide bonds. The summed E-state index contributed by atoms with van der Waals surface area (Å²) in [6.07, 6.45) is 0.647. The lowest BCUT2D eigenvalue weighted by Gasteiger charge is -2.10. The van der Waals surface area contributed by atoms with Gasteiger partial charge in [0.2, 0.25) is 5.91 Å². The Bertz CT molecular complexity index is 1090. The molecule has 0 radical (unpaired) electrons. The minimum Gasteiger partial charge on any atom is -0.494 e. The van der Waals surface area contributed by atoms with Crippen molar-refractivity contribution in [2.24, 2.45) is 0 Å². The number of para-hydroxylation sites is 2. The van der Waals surface area contributed by atoms with Gasteiger partial charge in [-0.15, -0.1) is 0 Å². The second kappa shape index (κ2) is 8.20. The molecule has 0 aliphatic heterocycles. The Morgan fingerprint density at radius 3 is 2.86 bits per heavy atom. The highest BCUT2D eigenvalue weighted by molar-refractivity contribution is 8.00. The fourth-order valence-corrected chi connectivity index (χ4v) is 4.51. The van der Waals surface area contributed by atoms with Gasteiger partial charge in [0.25, 0.3) is 5.22 Å². The Labute approximate surface area is 170 Å². The van der Waals surface area contributed by atoms with Crippen LogP contribution in [0.3, 0.4) is 0 Å². The van der Waals surface area contributed by atoms with Gasteiger partial charge in [-0.1, -0.05) is 42.2 Å². The number of nitrogens with one attached hydrogen (secondary N) is 1. The van der Waals surface area contributed by atoms with Crippen LogP contribution < -0.4 is 10.1 Å². The van der Waals surface area contributed by atoms with Gasteiger partial charge in [0.05, 0.1) is 22.1 Å². The normalized spacial score (nSPS) is 12.4. The van der Waals surface area contributed by atoms with Crippen LogP contribution in [0.1, 0.15) is 20.3 Å². The van der Waals surface area contributed by atoms with Crippen LogP contribution in [0.5, 0.6) is 5.75 Å². The number of fused-ring (bicyclic) bond motifs is 2. The molecule has 1 N–H and O–H groups in total. The third kappa shape index (κ3) is 3.98. The lowest BCUT2D eigenvalue weighted by atomic mass is 10.3. The molecule has 2 aromatic carbocycles. The van der Waals surface area contributed by atoms with E-state index in [1.807, 2.05) is 56.3 Å². The summed E-state index contributed by atoms with van der Waals surface area (Å²) in [4.78, 5) is 21.7. The fourth-order valence-electron chi connectivity index (χ4n) is 2.75. The highest BCUT2D eigenvalue weighted by Crippen LogP contribution is 2.32. The van der Waals surface area contributed by atoms with Crippen LogP contribution in [0.2, 0.25) is 0 Å². The first-order chi connectivity index (χ1) is 13.7. The van der Waals surface area contributed by atoms with Crippen molar-refractivity contribution in [1.29, 1.82) is 0 Å². The highest BCUT2D eigenvalue weighted by atomic mass is 32.2. The molecule has 28 heavy (non-hydrogen) atoms. The molecule has 1 atom stereocenters. The average molecular weight is 414 g/mol. The van der Waals surface area contributed by atoms with E-state index in [1.165, 1.54) is 23.1 Å². The molecular formula is C20H19N3O3S2. The van der Waals surface area contributed by atoms with Gasteiger partial charge in [-0.25, -0.2) is 9.97 Å². The predicted octanol–water partition coefficient (Wildman–Crippen LogP) is 5.35. The summed E-state index contributed by atoms with van der Waals surface area (Å²) in [6, 6.07) is 13.3. The summed E-state index contributed by atoms with van der Waals surface area (Å²) in [5, 5.41) is 3.67. The fraction of sp³-hybridized carbons (Fsp3) is 0.250. The Hall–Kier alpha value is -2.58. The van der Waals surface area contributed by atoms with E-state index < -0.39 is 0 Å². The topological polar surface area (TPSA) is 77.2 Å². The quantitative estimate of drug-likeness (QED) is 0.412. The van der Waals surface area contributed by atoms with Crippen molar-refractivity contribution in [1.82, 2.24) is 9.97 Å². The number of anilines is 1. The van der Waals surface area contributed by atoms with Gasteiger partial charge in [0, 0.05) is 0 Å². The number of rotatable bonds is 7. The van der Waals surface area contributed by atoms with Crippen LogP contribution in [0.4, 0.5) is 5.13 Å². The maximum absolute atomic E-state index is 12.8. The van der Waals surface area contributed by atoms with E-state index in [0.29, 0.717) is 23.4 Å². The Balaban J connectivity index is 1.48. The molecule has 0 bridgehead atoms. The van der Waals surface area contributed by atoms with E-state index in [4.69, 9.17) is 9.15 Å². The van der Waals surface area contributed by atoms with E-state index in [2.05, 4.69) is 15.3 Å². The number of hydrogen-bond donors (Lipinski definition) is 1. The summed E-state index contributed by atoms with van der Waals surface area (Å²) >= 11 is 2.76. The number of carbonyl (C=O) groups excluding carboxylic acids is 1. The number of oxazole rings is 1. The predicted molar refractivity (Wildman–Crippen MR) is 113 cm³/mol. The summed E-state index contributed by atoms with van der Waals surface area (Å²) in [5.74, 6) is 0.688. The third-order valence-corrected chi connectivity index (χ3v) is 6.22. The Morgan fingerprint density at radius 1 is 1.21 bits per heavy atom. The van der Waals surface area contributed by atoms with Crippen molar-refractivity contribution in [3.05, 3.63) is 42.5 Å². The molecule has 2 aromatic heterocycles. The van der Waals surface area contributed by atoms with Crippen molar-refractivity contribution in [3.63, 3.8) is 0 Å². The first-order valence-corrected chi connectivity index (χ1v) is 10.7. The van der Waals surface area contributed by atoms with E-state index in [1.54, 1.807) is 0 Å². The van der Waals surface area contributed by atoms with Crippen molar-refractivity contribution < 1.29 is 13.9 Å². The number of thioether (sulfide) groups is 1. The van der Waals surface area contributed by atoms with Gasteiger partial charge in [-0.2, -0.15) is 0 Å². The van der Waals surface area contributed by atoms with Gasteiger partial charge in [0.15, 0.2) is 10.7 Å². The van der Waals surface area contributed by atoms with E-state index in [0.717, 1.165) is 27.1 Å². The van der Waals surface area contributed by atoms with Crippen molar-refractivity contribution in [2.45, 2.75) is 30.7 Å². The number of ether oxygens (including phenoxy) is 1. The molecule has 0 aliphatic rings. The second-order valence-corrected chi connectivity index (χ2v) is 8.22. The first-order valence-electron chi connectivity index (χ1n) is 9.02. The molecule has 4 rings (SSSR count). The van der Waals surface area contributed by atoms with Gasteiger partial charge in [-0.3, -0.25) is 4.79 Å². The largest absolute Gasteiger partial charge is 0.494 e. The van der Waals surface area contributed by atoms with E-state index in [9.17, 15) is 4.79 Å². The molecule has 0 saturated carbocycles. The van der Waals surface area contributed by atoms with Gasteiger partial charge >= 0.3 is 0 Å². The van der Waals surface area contributed by atoms with Crippen molar-refractivity contribution in [2.75, 3.05) is 11.9 Å². The van der Waals surface area contributed by atoms with E-state index >= 15 is 0 Å². The van der Waals surface area contributed by atoms with Crippen LogP contribution >= 0.6 is 23.1 Å². The molecular weight excluding hydrogens is 394 g/mol. The zero-order valence-corrected chi connectivity index (χ0v) is 17.1. The maximum Gasteiger partial charge on any atom is 0.257 e. The van der Waals surface area contributed by atoms with Gasteiger partial charge < -0.3 is 14.5 Å². The molecule has 0 unspecified atom stereocenters. The third-order valence-electron chi connectivity index (χ3n) is 4.08. The van der Waals surface area contributed by atoms with Crippen LogP contribution in [0.25, 0.3) is 21.3 Å². The highest BCUT2D eigenvalue weighted by Gasteiger charge is 2.22. The summed E-state index contributed by atoms with van der Waals surface area (Å²) in [6.45, 7) is 4.52. The lowest BCUT2D eigenvalue weighted by Crippen LogP contribution is -2.24. The molecule has 0 saturated heterocycles. The van der Waals surface area contributed by atoms with E-state index in [-0.39, 0.29) is 11.2 Å². The SMILES string of the molecule is CCOc1ccc2nc(NC(=O)[C@@H](CC)Sc3nc4ccccc4o3)sc2c1. The van der Waals surface area contributed by atoms with Gasteiger partial charge in [0.1, 0.15) is 11.3 Å². The number of nitrogens with zero attached hydrogens (tertiary/aromatic N) is 2. The van der Waals surface area contributed by atoms with Gasteiger partial charge in [-0.05, 0) is 43.7 Å². The maximum atomic E-state index is 12.8. The smallest absolute Gasteiger partial charge is 0.257 e. The minimum absolute atomic E-state index is 0.112. The monoisotopic (exact) mass is 413 g/mol. The van der Waals surface area contributed by atoms with Crippen LogP contribution in [-0.2, 0) is 4.79 Å². The molecule has 6 nitrogen and oxygen atoms in total. The standard InChI is InChI=1S/C20H19N3O3S2/c1-3-16(28-20-22-13-7-5-6-8-15(13)26-20)18(24)23-19-21-14-10-9-12(25-4-2)11-17(14)27-19/h5-11,16H,3-4H2,1-2H3,(H,21,23,24)/t16-/m1/s1. The number of carbonyl (C=O) groups is 1. The summed E-state index contributed by atoms with van der Waals surface area (Å²) in [7, 11) is 0. The number of thiazole rings is 1. The summed E-state index contributed by atoms with van der Waals surface area (Å²) < 4.78 is 12.2. The van der Waals surface area contributed by atoms with Crippen molar-refractivity contribution in [3.8, 4) is 5.75 Å². The molecule has 0 spiro atoms. The number of amides is 1.